The van der Waals surface area contributed by atoms with Gasteiger partial charge in [-0.25, -0.2) is 4.98 Å². The van der Waals surface area contributed by atoms with Crippen molar-refractivity contribution in [1.29, 1.82) is 0 Å². The second kappa shape index (κ2) is 8.99. The van der Waals surface area contributed by atoms with E-state index in [2.05, 4.69) is 10.3 Å². The first-order chi connectivity index (χ1) is 11.7. The Morgan fingerprint density at radius 1 is 1.16 bits per heavy atom. The van der Waals surface area contributed by atoms with E-state index in [1.54, 1.807) is 24.3 Å². The van der Waals surface area contributed by atoms with Crippen molar-refractivity contribution in [2.75, 3.05) is 18.5 Å². The summed E-state index contributed by atoms with van der Waals surface area (Å²) in [6.45, 7) is 0.884. The minimum Gasteiger partial charge on any atom is -0.396 e. The molecule has 0 saturated carbocycles. The van der Waals surface area contributed by atoms with Gasteiger partial charge < -0.3 is 15.0 Å². The molecule has 1 aromatic heterocycles. The van der Waals surface area contributed by atoms with Crippen molar-refractivity contribution in [2.45, 2.75) is 13.0 Å². The Morgan fingerprint density at radius 3 is 2.60 bits per heavy atom. The molecular formula is C18H19BrClN3O2. The number of nitrogens with one attached hydrogen (secondary N) is 1. The highest BCUT2D eigenvalue weighted by Gasteiger charge is 2.14. The molecule has 0 aliphatic carbocycles. The van der Waals surface area contributed by atoms with Crippen molar-refractivity contribution < 1.29 is 9.90 Å². The molecule has 0 fully saturated rings. The maximum atomic E-state index is 12.6. The van der Waals surface area contributed by atoms with Crippen molar-refractivity contribution in [1.82, 2.24) is 9.55 Å². The molecule has 3 aromatic rings. The fraction of sp³-hybridized carbons (Fsp3) is 0.222. The zero-order chi connectivity index (χ0) is 16.9. The van der Waals surface area contributed by atoms with E-state index in [-0.39, 0.29) is 35.9 Å². The second-order valence-corrected chi connectivity index (χ2v) is 5.88. The van der Waals surface area contributed by atoms with Crippen LogP contribution < -0.4 is 5.32 Å². The molecule has 0 aliphatic heterocycles. The lowest BCUT2D eigenvalue weighted by molar-refractivity contribution is 0.0974. The van der Waals surface area contributed by atoms with Gasteiger partial charge in [0.1, 0.15) is 0 Å². The summed E-state index contributed by atoms with van der Waals surface area (Å²) >= 11 is 5.88. The average Bonchev–Trinajstić information content (AvgIpc) is 2.93. The summed E-state index contributed by atoms with van der Waals surface area (Å²) < 4.78 is 1.86. The second-order valence-electron chi connectivity index (χ2n) is 5.44. The molecule has 0 radical (unpaired) electrons. The molecule has 0 amide bonds. The van der Waals surface area contributed by atoms with Gasteiger partial charge >= 0.3 is 0 Å². The zero-order valence-electron chi connectivity index (χ0n) is 13.5. The quantitative estimate of drug-likeness (QED) is 0.445. The number of aliphatic hydroxyl groups excluding tert-OH is 1. The first kappa shape index (κ1) is 19.4. The Kier molecular flexibility index (Phi) is 6.99. The van der Waals surface area contributed by atoms with E-state index in [0.717, 1.165) is 11.0 Å². The average molecular weight is 425 g/mol. The lowest BCUT2D eigenvalue weighted by Gasteiger charge is -2.10. The summed E-state index contributed by atoms with van der Waals surface area (Å²) in [4.78, 5) is 17.1. The van der Waals surface area contributed by atoms with Crippen LogP contribution in [0.3, 0.4) is 0 Å². The topological polar surface area (TPSA) is 67.2 Å². The van der Waals surface area contributed by atoms with Gasteiger partial charge in [0.2, 0.25) is 5.95 Å². The number of para-hydroxylation sites is 2. The number of ketones is 1. The number of hydrogen-bond donors (Lipinski definition) is 2. The van der Waals surface area contributed by atoms with Crippen molar-refractivity contribution in [3.63, 3.8) is 0 Å². The van der Waals surface area contributed by atoms with Crippen molar-refractivity contribution in [3.8, 4) is 0 Å². The summed E-state index contributed by atoms with van der Waals surface area (Å²) in [5.74, 6) is 0.618. The largest absolute Gasteiger partial charge is 0.396 e. The lowest BCUT2D eigenvalue weighted by atomic mass is 10.1. The normalized spacial score (nSPS) is 10.5. The van der Waals surface area contributed by atoms with E-state index in [4.69, 9.17) is 16.7 Å². The van der Waals surface area contributed by atoms with Crippen LogP contribution in [0.15, 0.2) is 48.5 Å². The maximum Gasteiger partial charge on any atom is 0.204 e. The molecule has 1 heterocycles. The SMILES string of the molecule is Br.O=C(Cn1c(NCCCO)nc2ccccc21)c1ccc(Cl)cc1. The first-order valence-electron chi connectivity index (χ1n) is 7.78. The number of halogens is 2. The van der Waals surface area contributed by atoms with Gasteiger partial charge in [0.15, 0.2) is 5.78 Å². The van der Waals surface area contributed by atoms with Crippen molar-refractivity contribution in [3.05, 3.63) is 59.1 Å². The van der Waals surface area contributed by atoms with Gasteiger partial charge in [-0.3, -0.25) is 4.79 Å². The van der Waals surface area contributed by atoms with Crippen LogP contribution >= 0.6 is 28.6 Å². The number of benzene rings is 2. The van der Waals surface area contributed by atoms with E-state index < -0.39 is 0 Å². The Balaban J connectivity index is 0.00000225. The standard InChI is InChI=1S/C18H18ClN3O2.BrH/c19-14-8-6-13(7-9-14)17(24)12-22-16-5-2-1-4-15(16)21-18(22)20-10-3-11-23;/h1-2,4-9,23H,3,10-12H2,(H,20,21);1H. The zero-order valence-corrected chi connectivity index (χ0v) is 16.0. The molecule has 0 bridgehead atoms. The van der Waals surface area contributed by atoms with Gasteiger partial charge in [-0.15, -0.1) is 17.0 Å². The monoisotopic (exact) mass is 423 g/mol. The van der Waals surface area contributed by atoms with Crippen LogP contribution in [0.1, 0.15) is 16.8 Å². The Morgan fingerprint density at radius 2 is 1.88 bits per heavy atom. The summed E-state index contributed by atoms with van der Waals surface area (Å²) in [7, 11) is 0. The minimum atomic E-state index is -0.0139. The third-order valence-electron chi connectivity index (χ3n) is 3.74. The molecular weight excluding hydrogens is 406 g/mol. The van der Waals surface area contributed by atoms with E-state index in [0.29, 0.717) is 29.5 Å². The molecule has 5 nitrogen and oxygen atoms in total. The third-order valence-corrected chi connectivity index (χ3v) is 3.99. The number of nitrogens with zero attached hydrogens (tertiary/aromatic N) is 2. The summed E-state index contributed by atoms with van der Waals surface area (Å²) in [6.07, 6.45) is 0.619. The molecule has 0 spiro atoms. The Labute approximate surface area is 161 Å². The molecule has 132 valence electrons. The number of carbonyl (C=O) groups is 1. The fourth-order valence-electron chi connectivity index (χ4n) is 2.52. The van der Waals surface area contributed by atoms with Crippen LogP contribution in [0, 0.1) is 0 Å². The van der Waals surface area contributed by atoms with Gasteiger partial charge in [0, 0.05) is 23.7 Å². The molecule has 0 unspecified atom stereocenters. The summed E-state index contributed by atoms with van der Waals surface area (Å²) in [5, 5.41) is 12.7. The number of fused-ring (bicyclic) bond motifs is 1. The van der Waals surface area contributed by atoms with E-state index in [1.807, 2.05) is 28.8 Å². The lowest BCUT2D eigenvalue weighted by Crippen LogP contribution is -2.15. The van der Waals surface area contributed by atoms with Gasteiger partial charge in [-0.2, -0.15) is 0 Å². The number of aromatic nitrogens is 2. The molecule has 0 aliphatic rings. The summed E-state index contributed by atoms with van der Waals surface area (Å²) in [6, 6.07) is 14.6. The minimum absolute atomic E-state index is 0. The first-order valence-corrected chi connectivity index (χ1v) is 8.15. The van der Waals surface area contributed by atoms with Gasteiger partial charge in [0.05, 0.1) is 17.6 Å². The smallest absolute Gasteiger partial charge is 0.204 e. The molecule has 7 heteroatoms. The molecule has 0 atom stereocenters. The van der Waals surface area contributed by atoms with Crippen LogP contribution in [0.25, 0.3) is 11.0 Å². The van der Waals surface area contributed by atoms with Crippen LogP contribution in [-0.2, 0) is 6.54 Å². The number of carbonyl (C=O) groups excluding carboxylic acids is 1. The maximum absolute atomic E-state index is 12.6. The summed E-state index contributed by atoms with van der Waals surface area (Å²) in [5.41, 5.74) is 2.33. The number of Topliss-reactive ketones (excluding diaryl/α,β-unsaturated/α-hetero) is 1. The number of rotatable bonds is 7. The number of aliphatic hydroxyl groups is 1. The van der Waals surface area contributed by atoms with Crippen LogP contribution in [0.5, 0.6) is 0 Å². The Bertz CT molecular complexity index is 849. The van der Waals surface area contributed by atoms with Crippen LogP contribution in [0.2, 0.25) is 5.02 Å². The highest BCUT2D eigenvalue weighted by atomic mass is 79.9. The number of anilines is 1. The van der Waals surface area contributed by atoms with Gasteiger partial charge in [-0.05, 0) is 42.8 Å². The van der Waals surface area contributed by atoms with Crippen LogP contribution in [0.4, 0.5) is 5.95 Å². The predicted molar refractivity (Wildman–Crippen MR) is 106 cm³/mol. The molecule has 2 N–H and O–H groups in total. The van der Waals surface area contributed by atoms with E-state index in [9.17, 15) is 4.79 Å². The highest BCUT2D eigenvalue weighted by Crippen LogP contribution is 2.20. The fourth-order valence-corrected chi connectivity index (χ4v) is 2.65. The van der Waals surface area contributed by atoms with Gasteiger partial charge in [0.25, 0.3) is 0 Å². The number of hydrogen-bond acceptors (Lipinski definition) is 4. The van der Waals surface area contributed by atoms with E-state index >= 15 is 0 Å². The number of imidazole rings is 1. The van der Waals surface area contributed by atoms with Crippen molar-refractivity contribution >= 4 is 51.3 Å². The highest BCUT2D eigenvalue weighted by molar-refractivity contribution is 8.93. The molecule has 0 saturated heterocycles. The van der Waals surface area contributed by atoms with E-state index in [1.165, 1.54) is 0 Å². The van der Waals surface area contributed by atoms with Crippen molar-refractivity contribution in [2.24, 2.45) is 0 Å². The Hall–Kier alpha value is -1.89. The van der Waals surface area contributed by atoms with Crippen LogP contribution in [-0.4, -0.2) is 33.6 Å². The van der Waals surface area contributed by atoms with Gasteiger partial charge in [-0.1, -0.05) is 23.7 Å². The molecule has 2 aromatic carbocycles. The molecule has 3 rings (SSSR count). The molecule has 25 heavy (non-hydrogen) atoms. The third kappa shape index (κ3) is 4.60. The predicted octanol–water partition coefficient (Wildman–Crippen LogP) is 3.94.